The minimum atomic E-state index is -0.373. The van der Waals surface area contributed by atoms with E-state index in [1.54, 1.807) is 12.1 Å². The molecule has 1 aromatic heterocycles. The lowest BCUT2D eigenvalue weighted by atomic mass is 10.1. The van der Waals surface area contributed by atoms with Crippen molar-refractivity contribution in [2.75, 3.05) is 23.4 Å². The molecule has 3 aromatic rings. The van der Waals surface area contributed by atoms with Crippen LogP contribution in [0.1, 0.15) is 11.4 Å². The number of aromatic amines is 1. The van der Waals surface area contributed by atoms with Crippen LogP contribution in [0.2, 0.25) is 5.02 Å². The first-order valence-electron chi connectivity index (χ1n) is 9.23. The van der Waals surface area contributed by atoms with E-state index in [9.17, 15) is 9.18 Å². The van der Waals surface area contributed by atoms with Gasteiger partial charge in [0.25, 0.3) is 5.91 Å². The third kappa shape index (κ3) is 3.50. The molecule has 0 fully saturated rings. The molecular weight excluding hydrogens is 415 g/mol. The van der Waals surface area contributed by atoms with Gasteiger partial charge < -0.3 is 19.7 Å². The highest BCUT2D eigenvalue weighted by Gasteiger charge is 2.30. The molecule has 0 radical (unpaired) electrons. The number of nitrogens with one attached hydrogen (secondary N) is 2. The highest BCUT2D eigenvalue weighted by Crippen LogP contribution is 2.39. The average Bonchev–Trinajstić information content (AvgIpc) is 3.22. The Labute approximate surface area is 175 Å². The predicted molar refractivity (Wildman–Crippen MR) is 105 cm³/mol. The van der Waals surface area contributed by atoms with Crippen LogP contribution in [0.15, 0.2) is 30.3 Å². The molecule has 0 saturated heterocycles. The van der Waals surface area contributed by atoms with Crippen LogP contribution < -0.4 is 19.7 Å². The maximum atomic E-state index is 13.7. The first kappa shape index (κ1) is 18.6. The van der Waals surface area contributed by atoms with Crippen molar-refractivity contribution in [1.29, 1.82) is 0 Å². The summed E-state index contributed by atoms with van der Waals surface area (Å²) in [5, 5.41) is 17.3. The summed E-state index contributed by atoms with van der Waals surface area (Å²) in [7, 11) is 0. The molecule has 1 atom stereocenters. The molecule has 2 N–H and O–H groups in total. The van der Waals surface area contributed by atoms with E-state index in [1.165, 1.54) is 12.1 Å². The lowest BCUT2D eigenvalue weighted by Gasteiger charge is -2.38. The number of carbonyl (C=O) groups is 1. The standard InChI is InChI=1S/C19H16ClFN6O3/c20-13-3-10(4-14-19(13)30-9-18(28)22-14)7-27-12(6-17-23-25-26-24-17)8-29-16-5-11(21)1-2-15(16)27/h1-5,12H,6-9H2,(H,22,28)(H,23,24,25,26)/t12-/m0/s1. The van der Waals surface area contributed by atoms with Crippen molar-refractivity contribution in [1.82, 2.24) is 20.6 Å². The number of carbonyl (C=O) groups excluding carboxylic acids is 1. The topological polar surface area (TPSA) is 105 Å². The molecule has 0 aliphatic carbocycles. The number of nitrogens with zero attached hydrogens (tertiary/aromatic N) is 4. The fourth-order valence-electron chi connectivity index (χ4n) is 3.68. The molecular formula is C19H16ClFN6O3. The van der Waals surface area contributed by atoms with Gasteiger partial charge in [-0.2, -0.15) is 5.21 Å². The minimum Gasteiger partial charge on any atom is -0.489 e. The highest BCUT2D eigenvalue weighted by molar-refractivity contribution is 6.32. The molecule has 3 heterocycles. The number of anilines is 2. The number of aromatic nitrogens is 4. The molecule has 2 aromatic carbocycles. The molecule has 0 saturated carbocycles. The van der Waals surface area contributed by atoms with Gasteiger partial charge in [-0.3, -0.25) is 4.79 Å². The Morgan fingerprint density at radius 1 is 1.27 bits per heavy atom. The number of tetrazole rings is 1. The molecule has 9 nitrogen and oxygen atoms in total. The zero-order valence-electron chi connectivity index (χ0n) is 15.6. The number of hydrogen-bond acceptors (Lipinski definition) is 7. The van der Waals surface area contributed by atoms with Crippen molar-refractivity contribution in [3.8, 4) is 11.5 Å². The number of H-pyrrole nitrogens is 1. The van der Waals surface area contributed by atoms with Gasteiger partial charge in [0.05, 0.1) is 22.4 Å². The third-order valence-corrected chi connectivity index (χ3v) is 5.27. The number of rotatable bonds is 4. The lowest BCUT2D eigenvalue weighted by Crippen LogP contribution is -2.44. The lowest BCUT2D eigenvalue weighted by molar-refractivity contribution is -0.118. The summed E-state index contributed by atoms with van der Waals surface area (Å²) in [6.45, 7) is 0.693. The van der Waals surface area contributed by atoms with Crippen LogP contribution in [0.4, 0.5) is 15.8 Å². The van der Waals surface area contributed by atoms with Crippen molar-refractivity contribution >= 4 is 28.9 Å². The smallest absolute Gasteiger partial charge is 0.262 e. The molecule has 0 spiro atoms. The van der Waals surface area contributed by atoms with Crippen molar-refractivity contribution in [2.45, 2.75) is 19.0 Å². The summed E-state index contributed by atoms with van der Waals surface area (Å²) in [6.07, 6.45) is 0.478. The van der Waals surface area contributed by atoms with Gasteiger partial charge in [-0.05, 0) is 29.8 Å². The maximum absolute atomic E-state index is 13.7. The van der Waals surface area contributed by atoms with Gasteiger partial charge in [0.1, 0.15) is 18.2 Å². The number of ether oxygens (including phenoxy) is 2. The van der Waals surface area contributed by atoms with Gasteiger partial charge >= 0.3 is 0 Å². The van der Waals surface area contributed by atoms with Crippen LogP contribution in [-0.2, 0) is 17.8 Å². The molecule has 2 aliphatic rings. The number of halogens is 2. The van der Waals surface area contributed by atoms with Crippen LogP contribution in [-0.4, -0.2) is 45.8 Å². The van der Waals surface area contributed by atoms with E-state index < -0.39 is 0 Å². The van der Waals surface area contributed by atoms with E-state index in [4.69, 9.17) is 21.1 Å². The first-order chi connectivity index (χ1) is 14.6. The average molecular weight is 431 g/mol. The Hall–Kier alpha value is -3.40. The van der Waals surface area contributed by atoms with Gasteiger partial charge in [0.15, 0.2) is 18.2 Å². The Morgan fingerprint density at radius 3 is 3.00 bits per heavy atom. The number of amides is 1. The Balaban J connectivity index is 1.50. The van der Waals surface area contributed by atoms with Crippen LogP contribution in [0.5, 0.6) is 11.5 Å². The van der Waals surface area contributed by atoms with Crippen LogP contribution in [0.3, 0.4) is 0 Å². The molecule has 11 heteroatoms. The number of fused-ring (bicyclic) bond motifs is 2. The third-order valence-electron chi connectivity index (χ3n) is 4.99. The van der Waals surface area contributed by atoms with Crippen LogP contribution in [0, 0.1) is 5.82 Å². The number of benzene rings is 2. The predicted octanol–water partition coefficient (Wildman–Crippen LogP) is 2.33. The van der Waals surface area contributed by atoms with E-state index in [0.717, 1.165) is 11.3 Å². The van der Waals surface area contributed by atoms with Crippen molar-refractivity contribution in [2.24, 2.45) is 0 Å². The van der Waals surface area contributed by atoms with Crippen LogP contribution in [0.25, 0.3) is 0 Å². The SMILES string of the molecule is O=C1COc2c(Cl)cc(CN3c4ccc(F)cc4OC[C@@H]3Cc3nn[nH]n3)cc2N1. The maximum Gasteiger partial charge on any atom is 0.262 e. The summed E-state index contributed by atoms with van der Waals surface area (Å²) < 4.78 is 24.9. The van der Waals surface area contributed by atoms with E-state index >= 15 is 0 Å². The summed E-state index contributed by atoms with van der Waals surface area (Å²) >= 11 is 6.38. The normalized spacial score (nSPS) is 17.5. The Morgan fingerprint density at radius 2 is 2.17 bits per heavy atom. The molecule has 0 unspecified atom stereocenters. The summed E-state index contributed by atoms with van der Waals surface area (Å²) in [5.41, 5.74) is 2.11. The molecule has 5 rings (SSSR count). The molecule has 30 heavy (non-hydrogen) atoms. The number of hydrogen-bond donors (Lipinski definition) is 2. The summed E-state index contributed by atoms with van der Waals surface area (Å²) in [4.78, 5) is 13.8. The van der Waals surface area contributed by atoms with Crippen molar-refractivity contribution in [3.05, 3.63) is 52.6 Å². The Bertz CT molecular complexity index is 1110. The van der Waals surface area contributed by atoms with E-state index in [1.807, 2.05) is 6.07 Å². The fourth-order valence-corrected chi connectivity index (χ4v) is 3.97. The zero-order valence-corrected chi connectivity index (χ0v) is 16.3. The monoisotopic (exact) mass is 430 g/mol. The van der Waals surface area contributed by atoms with Crippen LogP contribution >= 0.6 is 11.6 Å². The molecule has 154 valence electrons. The summed E-state index contributed by atoms with van der Waals surface area (Å²) in [6, 6.07) is 7.92. The van der Waals surface area contributed by atoms with E-state index in [-0.39, 0.29) is 24.4 Å². The van der Waals surface area contributed by atoms with E-state index in [0.29, 0.717) is 47.6 Å². The van der Waals surface area contributed by atoms with Crippen molar-refractivity contribution in [3.63, 3.8) is 0 Å². The second-order valence-corrected chi connectivity index (χ2v) is 7.44. The molecule has 2 aliphatic heterocycles. The highest BCUT2D eigenvalue weighted by atomic mass is 35.5. The largest absolute Gasteiger partial charge is 0.489 e. The van der Waals surface area contributed by atoms with Gasteiger partial charge in [0, 0.05) is 19.0 Å². The van der Waals surface area contributed by atoms with E-state index in [2.05, 4.69) is 30.8 Å². The van der Waals surface area contributed by atoms with Gasteiger partial charge in [-0.15, -0.1) is 10.2 Å². The first-order valence-corrected chi connectivity index (χ1v) is 9.61. The molecule has 1 amide bonds. The summed E-state index contributed by atoms with van der Waals surface area (Å²) in [5.74, 6) is 0.844. The quantitative estimate of drug-likeness (QED) is 0.654. The van der Waals surface area contributed by atoms with Gasteiger partial charge in [-0.1, -0.05) is 16.8 Å². The Kier molecular flexibility index (Phi) is 4.62. The second-order valence-electron chi connectivity index (χ2n) is 7.03. The fraction of sp³-hybridized carbons (Fsp3) is 0.263. The minimum absolute atomic E-state index is 0.0682. The zero-order chi connectivity index (χ0) is 20.7. The second kappa shape index (κ2) is 7.45. The van der Waals surface area contributed by atoms with Gasteiger partial charge in [0.2, 0.25) is 0 Å². The van der Waals surface area contributed by atoms with Gasteiger partial charge in [-0.25, -0.2) is 4.39 Å². The molecule has 0 bridgehead atoms. The van der Waals surface area contributed by atoms with Crippen molar-refractivity contribution < 1.29 is 18.7 Å².